The van der Waals surface area contributed by atoms with E-state index in [0.717, 1.165) is 20.8 Å². The molecule has 1 saturated carbocycles. The summed E-state index contributed by atoms with van der Waals surface area (Å²) in [6.07, 6.45) is 0.975. The molecule has 0 aliphatic heterocycles. The Labute approximate surface area is 180 Å². The van der Waals surface area contributed by atoms with Crippen LogP contribution in [-0.4, -0.2) is 16.9 Å². The molecule has 0 spiro atoms. The molecule has 2 aromatic carbocycles. The summed E-state index contributed by atoms with van der Waals surface area (Å²) in [7, 11) is 0. The number of anilines is 1. The zero-order valence-electron chi connectivity index (χ0n) is 17.6. The predicted molar refractivity (Wildman–Crippen MR) is 118 cm³/mol. The van der Waals surface area contributed by atoms with Gasteiger partial charge in [0.2, 0.25) is 5.91 Å². The molecule has 1 aliphatic carbocycles. The molecule has 4 rings (SSSR count). The van der Waals surface area contributed by atoms with Crippen molar-refractivity contribution in [2.75, 3.05) is 5.32 Å². The average Bonchev–Trinajstić information content (AvgIpc) is 3.21. The lowest BCUT2D eigenvalue weighted by Crippen LogP contribution is -2.49. The van der Waals surface area contributed by atoms with Gasteiger partial charge in [-0.05, 0) is 67.1 Å². The molecule has 156 valence electrons. The van der Waals surface area contributed by atoms with Crippen LogP contribution in [-0.2, 0) is 9.59 Å². The number of benzene rings is 2. The van der Waals surface area contributed by atoms with E-state index in [2.05, 4.69) is 24.4 Å². The third-order valence-electron chi connectivity index (χ3n) is 6.94. The van der Waals surface area contributed by atoms with Crippen LogP contribution in [0.1, 0.15) is 39.2 Å². The maximum absolute atomic E-state index is 12.9. The van der Waals surface area contributed by atoms with E-state index in [-0.39, 0.29) is 11.8 Å². The first-order chi connectivity index (χ1) is 14.1. The van der Waals surface area contributed by atoms with E-state index in [1.165, 1.54) is 5.56 Å². The Morgan fingerprint density at radius 1 is 1.13 bits per heavy atom. The van der Waals surface area contributed by atoms with E-state index < -0.39 is 16.8 Å². The Kier molecular flexibility index (Phi) is 4.93. The topological polar surface area (TPSA) is 82.1 Å². The van der Waals surface area contributed by atoms with Crippen LogP contribution in [0.5, 0.6) is 0 Å². The number of carboxylic acid groups (broad SMARTS) is 1. The van der Waals surface area contributed by atoms with Gasteiger partial charge in [-0.1, -0.05) is 26.8 Å². The minimum atomic E-state index is -1.09. The fourth-order valence-corrected chi connectivity index (χ4v) is 5.47. The third kappa shape index (κ3) is 3.29. The summed E-state index contributed by atoms with van der Waals surface area (Å²) >= 11 is 1.65. The molecule has 1 heterocycles. The molecule has 2 atom stereocenters. The Hall–Kier alpha value is -2.73. The molecule has 0 saturated heterocycles. The van der Waals surface area contributed by atoms with E-state index in [0.29, 0.717) is 18.5 Å². The van der Waals surface area contributed by atoms with Gasteiger partial charge in [-0.25, -0.2) is 4.98 Å². The number of carbonyl (C=O) groups excluding carboxylic acids is 2. The summed E-state index contributed by atoms with van der Waals surface area (Å²) in [4.78, 5) is 29.3. The molecule has 6 heteroatoms. The van der Waals surface area contributed by atoms with Crippen molar-refractivity contribution in [1.29, 1.82) is 0 Å². The molecule has 1 fully saturated rings. The zero-order valence-corrected chi connectivity index (χ0v) is 18.4. The second kappa shape index (κ2) is 7.20. The Morgan fingerprint density at radius 3 is 2.47 bits per heavy atom. The number of amides is 1. The van der Waals surface area contributed by atoms with E-state index in [1.807, 2.05) is 44.2 Å². The SMILES string of the molecule is Cc1ccc2nc(-c3ccc(NC(=O)[C@H]4CC[C@@](C)(C(=O)[O-])C4(C)C)cc3)sc2c1. The van der Waals surface area contributed by atoms with E-state index in [4.69, 9.17) is 4.98 Å². The van der Waals surface area contributed by atoms with Crippen molar-refractivity contribution in [2.45, 2.75) is 40.5 Å². The summed E-state index contributed by atoms with van der Waals surface area (Å²) in [5.41, 5.74) is 2.19. The molecule has 1 aliphatic rings. The molecule has 30 heavy (non-hydrogen) atoms. The largest absolute Gasteiger partial charge is 0.550 e. The molecule has 1 amide bonds. The summed E-state index contributed by atoms with van der Waals surface area (Å²) in [5.74, 6) is -1.61. The van der Waals surface area contributed by atoms with Gasteiger partial charge in [-0.2, -0.15) is 0 Å². The molecule has 1 aromatic heterocycles. The van der Waals surface area contributed by atoms with E-state index >= 15 is 0 Å². The summed E-state index contributed by atoms with van der Waals surface area (Å²) in [6.45, 7) is 7.44. The number of aliphatic carboxylic acids is 1. The van der Waals surface area contributed by atoms with Gasteiger partial charge in [0.25, 0.3) is 0 Å². The Balaban J connectivity index is 1.51. The van der Waals surface area contributed by atoms with E-state index in [9.17, 15) is 14.7 Å². The Bertz CT molecular complexity index is 1130. The van der Waals surface area contributed by atoms with E-state index in [1.54, 1.807) is 18.3 Å². The van der Waals surface area contributed by atoms with Crippen LogP contribution in [0.25, 0.3) is 20.8 Å². The number of rotatable bonds is 4. The number of aromatic nitrogens is 1. The fraction of sp³-hybridized carbons (Fsp3) is 0.375. The van der Waals surface area contributed by atoms with Gasteiger partial charge in [-0.3, -0.25) is 4.79 Å². The first-order valence-electron chi connectivity index (χ1n) is 10.1. The van der Waals surface area contributed by atoms with Gasteiger partial charge in [0.1, 0.15) is 5.01 Å². The molecule has 0 bridgehead atoms. The molecule has 0 radical (unpaired) electrons. The van der Waals surface area contributed by atoms with Gasteiger partial charge in [0.15, 0.2) is 0 Å². The van der Waals surface area contributed by atoms with Crippen molar-refractivity contribution < 1.29 is 14.7 Å². The highest BCUT2D eigenvalue weighted by molar-refractivity contribution is 7.21. The molecular weight excluding hydrogens is 396 g/mol. The molecule has 3 aromatic rings. The molecule has 1 N–H and O–H groups in total. The second-order valence-electron chi connectivity index (χ2n) is 8.99. The number of thiazole rings is 1. The maximum atomic E-state index is 12.9. The highest BCUT2D eigenvalue weighted by Gasteiger charge is 2.54. The van der Waals surface area contributed by atoms with Gasteiger partial charge in [0, 0.05) is 28.6 Å². The van der Waals surface area contributed by atoms with Crippen molar-refractivity contribution >= 4 is 39.1 Å². The quantitative estimate of drug-likeness (QED) is 0.677. The van der Waals surface area contributed by atoms with Crippen molar-refractivity contribution in [3.63, 3.8) is 0 Å². The van der Waals surface area contributed by atoms with Crippen molar-refractivity contribution in [1.82, 2.24) is 4.98 Å². The van der Waals surface area contributed by atoms with Gasteiger partial charge in [-0.15, -0.1) is 11.3 Å². The lowest BCUT2D eigenvalue weighted by molar-refractivity contribution is -0.323. The summed E-state index contributed by atoms with van der Waals surface area (Å²) in [5, 5.41) is 15.6. The molecular formula is C24H25N2O3S-. The third-order valence-corrected chi connectivity index (χ3v) is 8.00. The van der Waals surface area contributed by atoms with Crippen LogP contribution in [0.2, 0.25) is 0 Å². The van der Waals surface area contributed by atoms with Crippen LogP contribution >= 0.6 is 11.3 Å². The number of nitrogens with zero attached hydrogens (tertiary/aromatic N) is 1. The molecule has 0 unspecified atom stereocenters. The smallest absolute Gasteiger partial charge is 0.228 e. The maximum Gasteiger partial charge on any atom is 0.228 e. The standard InChI is InChI=1S/C24H26N2O3S/c1-14-5-10-18-19(13-14)30-21(26-18)15-6-8-16(9-7-15)25-20(27)17-11-12-24(4,22(28)29)23(17,2)3/h5-10,13,17H,11-12H2,1-4H3,(H,25,27)(H,28,29)/p-1/t17-,24+/m1/s1. The number of hydrogen-bond acceptors (Lipinski definition) is 5. The highest BCUT2D eigenvalue weighted by Crippen LogP contribution is 2.55. The minimum absolute atomic E-state index is 0.145. The van der Waals surface area contributed by atoms with Crippen LogP contribution in [0.4, 0.5) is 5.69 Å². The van der Waals surface area contributed by atoms with Gasteiger partial charge >= 0.3 is 0 Å². The van der Waals surface area contributed by atoms with Crippen LogP contribution < -0.4 is 10.4 Å². The molecule has 5 nitrogen and oxygen atoms in total. The number of fused-ring (bicyclic) bond motifs is 1. The number of hydrogen-bond donors (Lipinski definition) is 1. The number of carboxylic acids is 1. The number of carbonyl (C=O) groups is 2. The lowest BCUT2D eigenvalue weighted by atomic mass is 9.65. The first kappa shape index (κ1) is 20.5. The average molecular weight is 422 g/mol. The zero-order chi connectivity index (χ0) is 21.7. The highest BCUT2D eigenvalue weighted by atomic mass is 32.1. The van der Waals surface area contributed by atoms with Gasteiger partial charge < -0.3 is 15.2 Å². The monoisotopic (exact) mass is 421 g/mol. The van der Waals surface area contributed by atoms with Crippen LogP contribution in [0.3, 0.4) is 0 Å². The van der Waals surface area contributed by atoms with Crippen molar-refractivity contribution in [3.05, 3.63) is 48.0 Å². The van der Waals surface area contributed by atoms with Crippen molar-refractivity contribution in [3.8, 4) is 10.6 Å². The van der Waals surface area contributed by atoms with Crippen LogP contribution in [0.15, 0.2) is 42.5 Å². The predicted octanol–water partition coefficient (Wildman–Crippen LogP) is 4.40. The minimum Gasteiger partial charge on any atom is -0.550 e. The Morgan fingerprint density at radius 2 is 1.83 bits per heavy atom. The normalized spacial score (nSPS) is 22.9. The van der Waals surface area contributed by atoms with Crippen LogP contribution in [0, 0.1) is 23.7 Å². The second-order valence-corrected chi connectivity index (χ2v) is 10.0. The summed E-state index contributed by atoms with van der Waals surface area (Å²) < 4.78 is 1.15. The lowest BCUT2D eigenvalue weighted by Gasteiger charge is -2.41. The first-order valence-corrected chi connectivity index (χ1v) is 10.9. The number of nitrogens with one attached hydrogen (secondary N) is 1. The summed E-state index contributed by atoms with van der Waals surface area (Å²) in [6, 6.07) is 13.9. The fourth-order valence-electron chi connectivity index (χ4n) is 4.41. The van der Waals surface area contributed by atoms with Gasteiger partial charge in [0.05, 0.1) is 10.2 Å². The number of aryl methyl sites for hydroxylation is 1. The van der Waals surface area contributed by atoms with Crippen molar-refractivity contribution in [2.24, 2.45) is 16.7 Å².